The maximum Gasteiger partial charge on any atom is 0.310 e. The van der Waals surface area contributed by atoms with Gasteiger partial charge in [-0.2, -0.15) is 0 Å². The molecule has 0 N–H and O–H groups in total. The third-order valence-electron chi connectivity index (χ3n) is 2.84. The Bertz CT molecular complexity index is 432. The van der Waals surface area contributed by atoms with Gasteiger partial charge in [0.25, 0.3) is 0 Å². The molecule has 0 unspecified atom stereocenters. The van der Waals surface area contributed by atoms with Crippen molar-refractivity contribution >= 4 is 13.8 Å². The monoisotopic (exact) mass is 265 g/mol. The maximum absolute atomic E-state index is 10.8. The second kappa shape index (κ2) is 6.35. The van der Waals surface area contributed by atoms with Crippen molar-refractivity contribution in [3.63, 3.8) is 0 Å². The summed E-state index contributed by atoms with van der Waals surface area (Å²) >= 11 is 0. The second-order valence-electron chi connectivity index (χ2n) is 4.87. The number of benzene rings is 1. The first-order valence-corrected chi connectivity index (χ1v) is 9.24. The third-order valence-corrected chi connectivity index (χ3v) is 5.58. The van der Waals surface area contributed by atoms with Crippen molar-refractivity contribution in [3.05, 3.63) is 46.7 Å². The molecule has 0 saturated carbocycles. The number of ether oxygens (including phenoxy) is 1. The lowest BCUT2D eigenvalue weighted by Crippen LogP contribution is -2.22. The van der Waals surface area contributed by atoms with Crippen LogP contribution in [-0.2, 0) is 0 Å². The average Bonchev–Trinajstić information content (AvgIpc) is 2.35. The number of hydrogen-bond acceptors (Lipinski definition) is 3. The first-order chi connectivity index (χ1) is 8.46. The minimum absolute atomic E-state index is 0.0257. The molecule has 0 aliphatic carbocycles. The van der Waals surface area contributed by atoms with Gasteiger partial charge in [-0.05, 0) is 12.5 Å². The van der Waals surface area contributed by atoms with Crippen molar-refractivity contribution < 1.29 is 9.66 Å². The number of nitrogens with zero attached hydrogens (tertiary/aromatic N) is 1. The van der Waals surface area contributed by atoms with Crippen LogP contribution in [0.2, 0.25) is 19.1 Å². The Morgan fingerprint density at radius 2 is 2.11 bits per heavy atom. The zero-order valence-electron chi connectivity index (χ0n) is 10.9. The molecule has 0 atom stereocenters. The van der Waals surface area contributed by atoms with E-state index < -0.39 is 13.0 Å². The van der Waals surface area contributed by atoms with E-state index in [1.54, 1.807) is 18.2 Å². The van der Waals surface area contributed by atoms with E-state index in [0.29, 0.717) is 12.4 Å². The third kappa shape index (κ3) is 4.33. The molecule has 0 spiro atoms. The summed E-state index contributed by atoms with van der Waals surface area (Å²) in [4.78, 5) is 10.4. The Kier molecular flexibility index (Phi) is 5.09. The topological polar surface area (TPSA) is 52.4 Å². The lowest BCUT2D eigenvalue weighted by molar-refractivity contribution is -0.385. The van der Waals surface area contributed by atoms with E-state index in [2.05, 4.69) is 25.4 Å². The van der Waals surface area contributed by atoms with Gasteiger partial charge in [0.15, 0.2) is 5.75 Å². The lowest BCUT2D eigenvalue weighted by atomic mass is 10.3. The Morgan fingerprint density at radius 1 is 1.44 bits per heavy atom. The molecule has 0 bridgehead atoms. The maximum atomic E-state index is 10.8. The van der Waals surface area contributed by atoms with E-state index in [-0.39, 0.29) is 5.69 Å². The molecule has 0 heterocycles. The van der Waals surface area contributed by atoms with Crippen LogP contribution in [0, 0.1) is 10.1 Å². The van der Waals surface area contributed by atoms with E-state index in [9.17, 15) is 10.1 Å². The molecule has 1 aromatic rings. The smallest absolute Gasteiger partial charge is 0.310 e. The van der Waals surface area contributed by atoms with Crippen molar-refractivity contribution in [3.8, 4) is 5.75 Å². The molecule has 0 aromatic heterocycles. The van der Waals surface area contributed by atoms with Crippen LogP contribution in [0.4, 0.5) is 5.69 Å². The molecule has 0 aliphatic heterocycles. The first kappa shape index (κ1) is 14.4. The summed E-state index contributed by atoms with van der Waals surface area (Å²) in [5, 5.41) is 10.8. The quantitative estimate of drug-likeness (QED) is 0.326. The molecular weight excluding hydrogens is 246 g/mol. The van der Waals surface area contributed by atoms with Gasteiger partial charge >= 0.3 is 5.69 Å². The number of para-hydroxylation sites is 2. The normalized spacial score (nSPS) is 11.0. The molecule has 0 saturated heterocycles. The number of nitro groups is 1. The molecule has 18 heavy (non-hydrogen) atoms. The summed E-state index contributed by atoms with van der Waals surface area (Å²) in [6.07, 6.45) is 0.900. The van der Waals surface area contributed by atoms with Crippen LogP contribution in [-0.4, -0.2) is 19.6 Å². The van der Waals surface area contributed by atoms with E-state index in [4.69, 9.17) is 4.74 Å². The van der Waals surface area contributed by atoms with Crippen LogP contribution in [0.5, 0.6) is 5.75 Å². The first-order valence-electron chi connectivity index (χ1n) is 5.96. The van der Waals surface area contributed by atoms with Gasteiger partial charge in [0.05, 0.1) is 19.6 Å². The lowest BCUT2D eigenvalue weighted by Gasteiger charge is -2.16. The van der Waals surface area contributed by atoms with E-state index >= 15 is 0 Å². The highest BCUT2D eigenvalue weighted by Crippen LogP contribution is 2.26. The molecule has 1 rings (SSSR count). The fourth-order valence-corrected chi connectivity index (χ4v) is 2.80. The van der Waals surface area contributed by atoms with Crippen LogP contribution in [0.25, 0.3) is 0 Å². The van der Waals surface area contributed by atoms with Gasteiger partial charge in [0.2, 0.25) is 0 Å². The largest absolute Gasteiger partial charge is 0.487 e. The van der Waals surface area contributed by atoms with Crippen molar-refractivity contribution in [2.24, 2.45) is 0 Å². The molecule has 0 fully saturated rings. The minimum Gasteiger partial charge on any atom is -0.487 e. The van der Waals surface area contributed by atoms with Gasteiger partial charge < -0.3 is 4.74 Å². The average molecular weight is 265 g/mol. The number of hydrogen-bond donors (Lipinski definition) is 0. The Morgan fingerprint density at radius 3 is 2.72 bits per heavy atom. The highest BCUT2D eigenvalue weighted by Gasteiger charge is 2.16. The van der Waals surface area contributed by atoms with E-state index in [1.807, 2.05) is 0 Å². The number of rotatable bonds is 7. The molecule has 0 amide bonds. The fourth-order valence-electron chi connectivity index (χ4n) is 1.54. The molecule has 98 valence electrons. The predicted octanol–water partition coefficient (Wildman–Crippen LogP) is 3.80. The van der Waals surface area contributed by atoms with Gasteiger partial charge in [0, 0.05) is 6.07 Å². The van der Waals surface area contributed by atoms with Crippen LogP contribution < -0.4 is 4.74 Å². The standard InChI is InChI=1S/C13H19NO3Si/c1-4-18(2,3)11-7-10-17-13-9-6-5-8-12(13)14(15)16/h4-6,8-9H,1,7,10-11H2,2-3H3. The summed E-state index contributed by atoms with van der Waals surface area (Å²) in [7, 11) is -1.30. The van der Waals surface area contributed by atoms with Crippen LogP contribution in [0.15, 0.2) is 36.5 Å². The second-order valence-corrected chi connectivity index (χ2v) is 9.75. The zero-order chi connectivity index (χ0) is 13.6. The predicted molar refractivity (Wildman–Crippen MR) is 75.7 cm³/mol. The van der Waals surface area contributed by atoms with Gasteiger partial charge in [-0.3, -0.25) is 10.1 Å². The molecule has 0 aliphatic rings. The van der Waals surface area contributed by atoms with E-state index in [1.165, 1.54) is 6.07 Å². The van der Waals surface area contributed by atoms with Crippen LogP contribution in [0.3, 0.4) is 0 Å². The summed E-state index contributed by atoms with van der Waals surface area (Å²) < 4.78 is 5.48. The van der Waals surface area contributed by atoms with Gasteiger partial charge in [0.1, 0.15) is 0 Å². The highest BCUT2D eigenvalue weighted by molar-refractivity contribution is 6.82. The van der Waals surface area contributed by atoms with Gasteiger partial charge in [-0.1, -0.05) is 31.3 Å². The highest BCUT2D eigenvalue weighted by atomic mass is 28.3. The SMILES string of the molecule is C=C[Si](C)(C)CCCOc1ccccc1[N+](=O)[O-]. The zero-order valence-corrected chi connectivity index (χ0v) is 11.9. The fraction of sp³-hybridized carbons (Fsp3) is 0.385. The minimum atomic E-state index is -1.30. The number of nitro benzene ring substituents is 1. The Hall–Kier alpha value is -1.62. The molecule has 0 radical (unpaired) electrons. The Balaban J connectivity index is 2.50. The van der Waals surface area contributed by atoms with Crippen molar-refractivity contribution in [1.29, 1.82) is 0 Å². The summed E-state index contributed by atoms with van der Waals surface area (Å²) in [5.41, 5.74) is 2.08. The van der Waals surface area contributed by atoms with Crippen molar-refractivity contribution in [1.82, 2.24) is 0 Å². The molecule has 1 aromatic carbocycles. The van der Waals surface area contributed by atoms with Crippen LogP contribution in [0.1, 0.15) is 6.42 Å². The van der Waals surface area contributed by atoms with Crippen LogP contribution >= 0.6 is 0 Å². The van der Waals surface area contributed by atoms with E-state index in [0.717, 1.165) is 12.5 Å². The van der Waals surface area contributed by atoms with Crippen molar-refractivity contribution in [2.45, 2.75) is 25.6 Å². The van der Waals surface area contributed by atoms with Gasteiger partial charge in [-0.25, -0.2) is 0 Å². The summed E-state index contributed by atoms with van der Waals surface area (Å²) in [6, 6.07) is 7.55. The summed E-state index contributed by atoms with van der Waals surface area (Å²) in [5.74, 6) is 0.348. The molecule has 5 heteroatoms. The van der Waals surface area contributed by atoms with Gasteiger partial charge in [-0.15, -0.1) is 12.3 Å². The molecular formula is C13H19NO3Si. The summed E-state index contributed by atoms with van der Waals surface area (Å²) in [6.45, 7) is 8.83. The molecule has 4 nitrogen and oxygen atoms in total. The van der Waals surface area contributed by atoms with Crippen molar-refractivity contribution in [2.75, 3.05) is 6.61 Å². The Labute approximate surface area is 108 Å².